The summed E-state index contributed by atoms with van der Waals surface area (Å²) in [4.78, 5) is 5.22. The SMILES string of the molecule is c1ccc(CN(CCCCCCCCCCN(Cc2ccccc2)Cc2ccccc2)Cc2ccccc2)cc1. The van der Waals surface area contributed by atoms with Crippen molar-refractivity contribution in [3.8, 4) is 0 Å². The molecule has 0 unspecified atom stereocenters. The van der Waals surface area contributed by atoms with Crippen LogP contribution in [0.2, 0.25) is 0 Å². The third kappa shape index (κ3) is 11.9. The lowest BCUT2D eigenvalue weighted by molar-refractivity contribution is 0.248. The summed E-state index contributed by atoms with van der Waals surface area (Å²) < 4.78 is 0. The highest BCUT2D eigenvalue weighted by Gasteiger charge is 2.08. The minimum atomic E-state index is 1.03. The highest BCUT2D eigenvalue weighted by atomic mass is 15.1. The molecular weight excluding hydrogens is 484 g/mol. The fourth-order valence-corrected chi connectivity index (χ4v) is 5.53. The molecule has 0 aliphatic carbocycles. The molecule has 0 aromatic heterocycles. The van der Waals surface area contributed by atoms with Gasteiger partial charge in [-0.1, -0.05) is 160 Å². The smallest absolute Gasteiger partial charge is 0.0237 e. The molecule has 210 valence electrons. The van der Waals surface area contributed by atoms with E-state index < -0.39 is 0 Å². The first-order chi connectivity index (χ1) is 19.8. The van der Waals surface area contributed by atoms with Gasteiger partial charge in [-0.2, -0.15) is 0 Å². The van der Waals surface area contributed by atoms with Gasteiger partial charge >= 0.3 is 0 Å². The van der Waals surface area contributed by atoms with E-state index in [1.807, 2.05) is 0 Å². The topological polar surface area (TPSA) is 6.48 Å². The van der Waals surface area contributed by atoms with Gasteiger partial charge in [0.15, 0.2) is 0 Å². The molecule has 0 aliphatic rings. The maximum Gasteiger partial charge on any atom is 0.0237 e. The average molecular weight is 533 g/mol. The molecule has 0 atom stereocenters. The first-order valence-electron chi connectivity index (χ1n) is 15.5. The number of benzene rings is 4. The highest BCUT2D eigenvalue weighted by molar-refractivity contribution is 5.18. The number of unbranched alkanes of at least 4 members (excludes halogenated alkanes) is 7. The van der Waals surface area contributed by atoms with E-state index >= 15 is 0 Å². The summed E-state index contributed by atoms with van der Waals surface area (Å²) >= 11 is 0. The Morgan fingerprint density at radius 1 is 0.275 bits per heavy atom. The van der Waals surface area contributed by atoms with E-state index in [1.54, 1.807) is 0 Å². The Balaban J connectivity index is 1.10. The van der Waals surface area contributed by atoms with Gasteiger partial charge in [0.2, 0.25) is 0 Å². The Labute approximate surface area is 243 Å². The lowest BCUT2D eigenvalue weighted by atomic mass is 10.1. The van der Waals surface area contributed by atoms with Gasteiger partial charge in [-0.05, 0) is 48.2 Å². The molecule has 0 saturated carbocycles. The van der Waals surface area contributed by atoms with Crippen LogP contribution in [0, 0.1) is 0 Å². The van der Waals surface area contributed by atoms with Crippen molar-refractivity contribution in [2.75, 3.05) is 13.1 Å². The predicted octanol–water partition coefficient (Wildman–Crippen LogP) is 9.51. The van der Waals surface area contributed by atoms with Gasteiger partial charge < -0.3 is 0 Å². The predicted molar refractivity (Wildman–Crippen MR) is 171 cm³/mol. The van der Waals surface area contributed by atoms with Crippen LogP contribution in [0.4, 0.5) is 0 Å². The Morgan fingerprint density at radius 3 is 0.750 bits per heavy atom. The van der Waals surface area contributed by atoms with Gasteiger partial charge in [0, 0.05) is 26.2 Å². The van der Waals surface area contributed by atoms with Crippen LogP contribution < -0.4 is 0 Å². The van der Waals surface area contributed by atoms with Crippen LogP contribution in [0.15, 0.2) is 121 Å². The number of hydrogen-bond acceptors (Lipinski definition) is 2. The van der Waals surface area contributed by atoms with Crippen LogP contribution in [-0.4, -0.2) is 22.9 Å². The molecule has 4 aromatic rings. The van der Waals surface area contributed by atoms with E-state index in [2.05, 4.69) is 131 Å². The lowest BCUT2D eigenvalue weighted by Gasteiger charge is -2.23. The monoisotopic (exact) mass is 532 g/mol. The lowest BCUT2D eigenvalue weighted by Crippen LogP contribution is -2.24. The molecule has 0 heterocycles. The van der Waals surface area contributed by atoms with Crippen molar-refractivity contribution >= 4 is 0 Å². The highest BCUT2D eigenvalue weighted by Crippen LogP contribution is 2.15. The van der Waals surface area contributed by atoms with Crippen molar-refractivity contribution in [1.82, 2.24) is 9.80 Å². The molecule has 4 rings (SSSR count). The first-order valence-corrected chi connectivity index (χ1v) is 15.5. The van der Waals surface area contributed by atoms with E-state index in [-0.39, 0.29) is 0 Å². The second kappa shape index (κ2) is 18.2. The van der Waals surface area contributed by atoms with Crippen molar-refractivity contribution in [3.05, 3.63) is 144 Å². The van der Waals surface area contributed by atoms with Crippen LogP contribution in [-0.2, 0) is 26.2 Å². The Hall–Kier alpha value is -3.20. The maximum absolute atomic E-state index is 2.61. The summed E-state index contributed by atoms with van der Waals surface area (Å²) in [5, 5.41) is 0. The standard InChI is InChI=1S/C38H48N2/c1(3-5-19-29-39(31-35-21-11-7-12-22-35)32-36-23-13-8-14-24-36)2-4-6-20-30-40(33-37-25-15-9-16-26-37)34-38-27-17-10-18-28-38/h7-18,21-28H,1-6,19-20,29-34H2. The summed E-state index contributed by atoms with van der Waals surface area (Å²) in [5.41, 5.74) is 5.63. The van der Waals surface area contributed by atoms with Crippen LogP contribution in [0.25, 0.3) is 0 Å². The molecule has 0 radical (unpaired) electrons. The summed E-state index contributed by atoms with van der Waals surface area (Å²) in [6, 6.07) is 43.7. The number of hydrogen-bond donors (Lipinski definition) is 0. The van der Waals surface area contributed by atoms with Crippen molar-refractivity contribution in [1.29, 1.82) is 0 Å². The normalized spacial score (nSPS) is 11.3. The molecule has 0 fully saturated rings. The van der Waals surface area contributed by atoms with Crippen LogP contribution >= 0.6 is 0 Å². The summed E-state index contributed by atoms with van der Waals surface area (Å²) in [6.07, 6.45) is 10.7. The fraction of sp³-hybridized carbons (Fsp3) is 0.368. The number of rotatable bonds is 19. The number of nitrogens with zero attached hydrogens (tertiary/aromatic N) is 2. The van der Waals surface area contributed by atoms with Gasteiger partial charge in [0.25, 0.3) is 0 Å². The zero-order valence-corrected chi connectivity index (χ0v) is 24.3. The first kappa shape index (κ1) is 29.8. The van der Waals surface area contributed by atoms with Gasteiger partial charge in [-0.15, -0.1) is 0 Å². The van der Waals surface area contributed by atoms with Crippen molar-refractivity contribution in [2.45, 2.75) is 77.5 Å². The molecule has 2 nitrogen and oxygen atoms in total. The molecule has 0 spiro atoms. The third-order valence-corrected chi connectivity index (χ3v) is 7.69. The van der Waals surface area contributed by atoms with Crippen LogP contribution in [0.1, 0.15) is 73.6 Å². The largest absolute Gasteiger partial charge is 0.295 e. The zero-order chi connectivity index (χ0) is 27.5. The van der Waals surface area contributed by atoms with E-state index in [0.29, 0.717) is 0 Å². The molecule has 0 saturated heterocycles. The molecular formula is C38H48N2. The molecule has 0 bridgehead atoms. The van der Waals surface area contributed by atoms with E-state index in [1.165, 1.54) is 86.7 Å². The van der Waals surface area contributed by atoms with Gasteiger partial charge in [-0.3, -0.25) is 9.80 Å². The summed E-state index contributed by atoms with van der Waals surface area (Å²) in [5.74, 6) is 0. The van der Waals surface area contributed by atoms with E-state index in [4.69, 9.17) is 0 Å². The molecule has 40 heavy (non-hydrogen) atoms. The Kier molecular flexibility index (Phi) is 13.6. The molecule has 4 aromatic carbocycles. The van der Waals surface area contributed by atoms with Crippen molar-refractivity contribution in [2.24, 2.45) is 0 Å². The van der Waals surface area contributed by atoms with E-state index in [0.717, 1.165) is 26.2 Å². The Morgan fingerprint density at radius 2 is 0.500 bits per heavy atom. The quantitative estimate of drug-likeness (QED) is 0.111. The second-order valence-corrected chi connectivity index (χ2v) is 11.2. The summed E-state index contributed by atoms with van der Waals surface area (Å²) in [6.45, 7) is 6.45. The van der Waals surface area contributed by atoms with Crippen LogP contribution in [0.5, 0.6) is 0 Å². The minimum absolute atomic E-state index is 1.03. The van der Waals surface area contributed by atoms with E-state index in [9.17, 15) is 0 Å². The maximum atomic E-state index is 2.61. The van der Waals surface area contributed by atoms with Gasteiger partial charge in [0.1, 0.15) is 0 Å². The second-order valence-electron chi connectivity index (χ2n) is 11.2. The van der Waals surface area contributed by atoms with Gasteiger partial charge in [0.05, 0.1) is 0 Å². The van der Waals surface area contributed by atoms with Crippen molar-refractivity contribution < 1.29 is 0 Å². The van der Waals surface area contributed by atoms with Crippen molar-refractivity contribution in [3.63, 3.8) is 0 Å². The fourth-order valence-electron chi connectivity index (χ4n) is 5.53. The van der Waals surface area contributed by atoms with Crippen LogP contribution in [0.3, 0.4) is 0 Å². The summed E-state index contributed by atoms with van der Waals surface area (Å²) in [7, 11) is 0. The molecule has 0 N–H and O–H groups in total. The molecule has 2 heteroatoms. The average Bonchev–Trinajstić information content (AvgIpc) is 3.00. The molecule has 0 amide bonds. The zero-order valence-electron chi connectivity index (χ0n) is 24.3. The minimum Gasteiger partial charge on any atom is -0.295 e. The van der Waals surface area contributed by atoms with Gasteiger partial charge in [-0.25, -0.2) is 0 Å². The Bertz CT molecular complexity index is 967. The third-order valence-electron chi connectivity index (χ3n) is 7.69. The molecule has 0 aliphatic heterocycles.